The van der Waals surface area contributed by atoms with Gasteiger partial charge in [0.25, 0.3) is 0 Å². The van der Waals surface area contributed by atoms with Crippen LogP contribution in [0.5, 0.6) is 0 Å². The molecule has 0 bridgehead atoms. The summed E-state index contributed by atoms with van der Waals surface area (Å²) in [5.41, 5.74) is 3.18. The van der Waals surface area contributed by atoms with Crippen LogP contribution in [0.15, 0.2) is 49.1 Å². The number of anilines is 5. The number of hydrogen-bond donors (Lipinski definition) is 2. The Morgan fingerprint density at radius 1 is 1.05 bits per heavy atom. The van der Waals surface area contributed by atoms with Crippen LogP contribution in [-0.2, 0) is 16.4 Å². The molecule has 0 unspecified atom stereocenters. The summed E-state index contributed by atoms with van der Waals surface area (Å²) in [7, 11) is -3.01. The molecular weight excluding hydrogens is 524 g/mol. The summed E-state index contributed by atoms with van der Waals surface area (Å²) < 4.78 is 25.6. The first kappa shape index (κ1) is 26.5. The van der Waals surface area contributed by atoms with Crippen molar-refractivity contribution in [1.29, 1.82) is 0 Å². The molecular formula is C29H36N8O2S. The van der Waals surface area contributed by atoms with Crippen LogP contribution in [-0.4, -0.2) is 57.7 Å². The van der Waals surface area contributed by atoms with Crippen molar-refractivity contribution in [3.63, 3.8) is 0 Å². The Hall–Kier alpha value is -3.73. The molecule has 0 radical (unpaired) electrons. The van der Waals surface area contributed by atoms with Gasteiger partial charge in [0.2, 0.25) is 5.95 Å². The molecule has 1 saturated carbocycles. The zero-order chi connectivity index (χ0) is 28.0. The average molecular weight is 561 g/mol. The lowest BCUT2D eigenvalue weighted by molar-refractivity contribution is 0.342. The van der Waals surface area contributed by atoms with E-state index in [1.165, 1.54) is 24.7 Å². The molecule has 1 saturated heterocycles. The van der Waals surface area contributed by atoms with Gasteiger partial charge in [0, 0.05) is 61.0 Å². The highest BCUT2D eigenvalue weighted by Crippen LogP contribution is 2.39. The van der Waals surface area contributed by atoms with E-state index in [-0.39, 0.29) is 17.7 Å². The molecule has 1 aliphatic heterocycles. The van der Waals surface area contributed by atoms with Gasteiger partial charge in [0.05, 0.1) is 17.6 Å². The third-order valence-electron chi connectivity index (χ3n) is 7.91. The van der Waals surface area contributed by atoms with Crippen LogP contribution in [0.4, 0.5) is 29.0 Å². The molecule has 2 aliphatic rings. The number of fused-ring (bicyclic) bond motifs is 1. The van der Waals surface area contributed by atoms with Crippen LogP contribution in [0.1, 0.15) is 45.1 Å². The number of sulfone groups is 1. The van der Waals surface area contributed by atoms with Gasteiger partial charge in [-0.3, -0.25) is 4.68 Å². The van der Waals surface area contributed by atoms with Crippen molar-refractivity contribution < 1.29 is 8.42 Å². The van der Waals surface area contributed by atoms with Crippen LogP contribution in [0, 0.1) is 11.8 Å². The first-order valence-electron chi connectivity index (χ1n) is 13.9. The highest BCUT2D eigenvalue weighted by atomic mass is 32.2. The van der Waals surface area contributed by atoms with Crippen LogP contribution in [0.25, 0.3) is 10.8 Å². The van der Waals surface area contributed by atoms with E-state index in [0.717, 1.165) is 41.2 Å². The first-order chi connectivity index (χ1) is 19.1. The van der Waals surface area contributed by atoms with E-state index in [1.54, 1.807) is 12.4 Å². The smallest absolute Gasteiger partial charge is 0.229 e. The predicted octanol–water partition coefficient (Wildman–Crippen LogP) is 5.11. The van der Waals surface area contributed by atoms with Crippen LogP contribution in [0.3, 0.4) is 0 Å². The Morgan fingerprint density at radius 2 is 1.88 bits per heavy atom. The SMILES string of the molecule is CC(C)c1ccc(N2C[C@H](CS(C)(=O)=O)[C@H]2C)c2cnc(Nc3ccnc(Nc4cnn(CC5CC5)c4)n3)cc12. The Bertz CT molecular complexity index is 1650. The van der Waals surface area contributed by atoms with E-state index in [1.807, 2.05) is 23.1 Å². The van der Waals surface area contributed by atoms with Gasteiger partial charge in [-0.25, -0.2) is 18.4 Å². The fourth-order valence-electron chi connectivity index (χ4n) is 5.50. The molecule has 40 heavy (non-hydrogen) atoms. The number of nitrogens with one attached hydrogen (secondary N) is 2. The van der Waals surface area contributed by atoms with Gasteiger partial charge in [-0.1, -0.05) is 19.9 Å². The molecule has 1 aliphatic carbocycles. The zero-order valence-electron chi connectivity index (χ0n) is 23.4. The molecule has 0 amide bonds. The topological polar surface area (TPSA) is 118 Å². The van der Waals surface area contributed by atoms with Gasteiger partial charge in [-0.2, -0.15) is 10.1 Å². The molecule has 210 valence electrons. The summed E-state index contributed by atoms with van der Waals surface area (Å²) in [6, 6.07) is 8.36. The molecule has 10 nitrogen and oxygen atoms in total. The number of aromatic nitrogens is 5. The van der Waals surface area contributed by atoms with Gasteiger partial charge < -0.3 is 15.5 Å². The normalized spacial score (nSPS) is 19.2. The number of benzene rings is 1. The Balaban J connectivity index is 1.22. The maximum Gasteiger partial charge on any atom is 0.229 e. The third kappa shape index (κ3) is 5.74. The largest absolute Gasteiger partial charge is 0.368 e. The van der Waals surface area contributed by atoms with E-state index in [9.17, 15) is 8.42 Å². The lowest BCUT2D eigenvalue weighted by Crippen LogP contribution is -2.57. The Labute approximate surface area is 235 Å². The molecule has 11 heteroatoms. The third-order valence-corrected chi connectivity index (χ3v) is 8.94. The minimum absolute atomic E-state index is 0.136. The summed E-state index contributed by atoms with van der Waals surface area (Å²) in [5, 5.41) is 13.2. The van der Waals surface area contributed by atoms with Crippen molar-refractivity contribution >= 4 is 49.6 Å². The van der Waals surface area contributed by atoms with Gasteiger partial charge in [-0.05, 0) is 60.7 Å². The zero-order valence-corrected chi connectivity index (χ0v) is 24.2. The minimum Gasteiger partial charge on any atom is -0.368 e. The summed E-state index contributed by atoms with van der Waals surface area (Å²) in [4.78, 5) is 16.0. The van der Waals surface area contributed by atoms with Crippen molar-refractivity contribution in [3.8, 4) is 0 Å². The van der Waals surface area contributed by atoms with Gasteiger partial charge in [0.15, 0.2) is 0 Å². The highest BCUT2D eigenvalue weighted by molar-refractivity contribution is 7.90. The average Bonchev–Trinajstić information content (AvgIpc) is 3.61. The van der Waals surface area contributed by atoms with E-state index in [4.69, 9.17) is 4.98 Å². The van der Waals surface area contributed by atoms with Crippen molar-refractivity contribution in [3.05, 3.63) is 54.6 Å². The van der Waals surface area contributed by atoms with Gasteiger partial charge >= 0.3 is 0 Å². The summed E-state index contributed by atoms with van der Waals surface area (Å²) in [5.74, 6) is 3.25. The number of nitrogens with zero attached hydrogens (tertiary/aromatic N) is 6. The number of hydrogen-bond acceptors (Lipinski definition) is 9. The Morgan fingerprint density at radius 3 is 2.60 bits per heavy atom. The second-order valence-electron chi connectivity index (χ2n) is 11.6. The van der Waals surface area contributed by atoms with Crippen molar-refractivity contribution in [2.45, 2.75) is 52.1 Å². The molecule has 2 atom stereocenters. The number of pyridine rings is 1. The molecule has 3 aromatic heterocycles. The van der Waals surface area contributed by atoms with Crippen molar-refractivity contribution in [1.82, 2.24) is 24.7 Å². The molecule has 4 heterocycles. The summed E-state index contributed by atoms with van der Waals surface area (Å²) in [6.07, 6.45) is 11.3. The molecule has 0 spiro atoms. The lowest BCUT2D eigenvalue weighted by atomic mass is 9.88. The van der Waals surface area contributed by atoms with Crippen LogP contribution >= 0.6 is 0 Å². The molecule has 6 rings (SSSR count). The maximum absolute atomic E-state index is 11.8. The van der Waals surface area contributed by atoms with Gasteiger partial charge in [0.1, 0.15) is 21.5 Å². The monoisotopic (exact) mass is 560 g/mol. The lowest BCUT2D eigenvalue weighted by Gasteiger charge is -2.48. The first-order valence-corrected chi connectivity index (χ1v) is 16.0. The van der Waals surface area contributed by atoms with Gasteiger partial charge in [-0.15, -0.1) is 0 Å². The van der Waals surface area contributed by atoms with Crippen molar-refractivity contribution in [2.75, 3.05) is 34.1 Å². The second-order valence-corrected chi connectivity index (χ2v) is 13.8. The highest BCUT2D eigenvalue weighted by Gasteiger charge is 2.38. The maximum atomic E-state index is 11.8. The fraction of sp³-hybridized carbons (Fsp3) is 0.448. The quantitative estimate of drug-likeness (QED) is 0.273. The van der Waals surface area contributed by atoms with E-state index in [2.05, 4.69) is 69.6 Å². The predicted molar refractivity (Wildman–Crippen MR) is 159 cm³/mol. The Kier molecular flexibility index (Phi) is 6.85. The van der Waals surface area contributed by atoms with E-state index >= 15 is 0 Å². The van der Waals surface area contributed by atoms with E-state index in [0.29, 0.717) is 23.5 Å². The second kappa shape index (κ2) is 10.3. The standard InChI is InChI=1S/C29H36N8O2S/c1-18(2)23-7-8-26(37-15-21(19(37)3)17-40(4,38)39)25-13-31-28(11-24(23)25)34-27-9-10-30-29(35-27)33-22-12-32-36(16-22)14-20-5-6-20/h7-13,16,18-21H,5-6,14-15,17H2,1-4H3,(H2,30,31,33,34,35)/t19-,21-/m1/s1. The molecule has 1 aromatic carbocycles. The van der Waals surface area contributed by atoms with Crippen LogP contribution in [0.2, 0.25) is 0 Å². The van der Waals surface area contributed by atoms with Crippen molar-refractivity contribution in [2.24, 2.45) is 11.8 Å². The fourth-order valence-corrected chi connectivity index (χ4v) is 6.66. The minimum atomic E-state index is -3.01. The molecule has 4 aromatic rings. The summed E-state index contributed by atoms with van der Waals surface area (Å²) >= 11 is 0. The molecule has 2 fully saturated rings. The van der Waals surface area contributed by atoms with E-state index < -0.39 is 9.84 Å². The van der Waals surface area contributed by atoms with Crippen LogP contribution < -0.4 is 15.5 Å². The summed E-state index contributed by atoms with van der Waals surface area (Å²) in [6.45, 7) is 8.15. The number of rotatable bonds is 10. The molecule has 2 N–H and O–H groups in total.